The predicted octanol–water partition coefficient (Wildman–Crippen LogP) is 2.37. The molecule has 0 unspecified atom stereocenters. The second-order valence-electron chi connectivity index (χ2n) is 9.74. The van der Waals surface area contributed by atoms with Crippen molar-refractivity contribution in [2.24, 2.45) is 0 Å². The first-order chi connectivity index (χ1) is 16.6. The number of nitrogens with two attached hydrogens (primary N) is 2. The minimum absolute atomic E-state index is 0.192. The fourth-order valence-electron chi connectivity index (χ4n) is 4.62. The first-order valence-corrected chi connectivity index (χ1v) is 13.4. The summed E-state index contributed by atoms with van der Waals surface area (Å²) in [5.41, 5.74) is 14.6. The Bertz CT molecular complexity index is 1410. The van der Waals surface area contributed by atoms with Crippen LogP contribution < -0.4 is 11.5 Å². The largest absolute Gasteiger partial charge is 0.368 e. The Labute approximate surface area is 200 Å². The zero-order valence-electron chi connectivity index (χ0n) is 19.8. The molecule has 35 heavy (non-hydrogen) atoms. The lowest BCUT2D eigenvalue weighted by atomic mass is 10.3. The predicted molar refractivity (Wildman–Crippen MR) is 129 cm³/mol. The van der Waals surface area contributed by atoms with Gasteiger partial charge in [-0.1, -0.05) is 0 Å². The van der Waals surface area contributed by atoms with E-state index in [1.54, 1.807) is 19.3 Å². The van der Waals surface area contributed by atoms with E-state index in [-0.39, 0.29) is 11.9 Å². The summed E-state index contributed by atoms with van der Waals surface area (Å²) < 4.78 is 29.7. The Hall–Kier alpha value is -3.15. The zero-order valence-corrected chi connectivity index (χ0v) is 20.7. The summed E-state index contributed by atoms with van der Waals surface area (Å²) in [6.07, 6.45) is 6.45. The fourth-order valence-corrected chi connectivity index (χ4v) is 6.55. The van der Waals surface area contributed by atoms with Gasteiger partial charge >= 0.3 is 7.60 Å². The molecule has 4 heterocycles. The third-order valence-corrected chi connectivity index (χ3v) is 8.00. The van der Waals surface area contributed by atoms with Gasteiger partial charge in [-0.2, -0.15) is 9.97 Å². The molecule has 2 aliphatic rings. The molecule has 0 spiro atoms. The number of rotatable bonds is 8. The van der Waals surface area contributed by atoms with Gasteiger partial charge in [0.2, 0.25) is 11.9 Å². The van der Waals surface area contributed by atoms with Crippen molar-refractivity contribution in [1.29, 1.82) is 0 Å². The molecule has 4 N–H and O–H groups in total. The Morgan fingerprint density at radius 1 is 0.829 bits per heavy atom. The second kappa shape index (κ2) is 7.42. The number of fused-ring (bicyclic) bond motifs is 2. The minimum Gasteiger partial charge on any atom is -0.368 e. The lowest BCUT2D eigenvalue weighted by molar-refractivity contribution is 0.0778. The molecule has 0 bridgehead atoms. The average Bonchev–Trinajstić information content (AvgIpc) is 3.59. The number of hydrogen-bond acceptors (Lipinski definition) is 11. The summed E-state index contributed by atoms with van der Waals surface area (Å²) in [5.74, 6) is 0.383. The maximum atomic E-state index is 13.5. The molecule has 0 atom stereocenters. The monoisotopic (exact) mass is 498 g/mol. The maximum Gasteiger partial charge on any atom is 0.328 e. The molecular weight excluding hydrogens is 471 g/mol. The number of nitrogens with zero attached hydrogens (tertiary/aromatic N) is 8. The van der Waals surface area contributed by atoms with Crippen LogP contribution in [0.4, 0.5) is 11.9 Å². The van der Waals surface area contributed by atoms with E-state index in [0.29, 0.717) is 46.8 Å². The van der Waals surface area contributed by atoms with Gasteiger partial charge in [-0.3, -0.25) is 4.57 Å². The topological polar surface area (TPSA) is 175 Å². The van der Waals surface area contributed by atoms with Gasteiger partial charge in [0, 0.05) is 6.66 Å². The van der Waals surface area contributed by atoms with Crippen LogP contribution in [0, 0.1) is 13.8 Å². The van der Waals surface area contributed by atoms with Crippen molar-refractivity contribution in [3.05, 3.63) is 24.0 Å². The fraction of sp³-hybridized carbons (Fsp3) is 0.524. The summed E-state index contributed by atoms with van der Waals surface area (Å²) >= 11 is 0. The first kappa shape index (κ1) is 22.3. The SMILES string of the molecule is Cc1nc(N)nc2c1ncn2CC1(OP(C)(=O)OC2(Cn3cnc4c(C)nc(N)nc43)CC2)CC1. The van der Waals surface area contributed by atoms with Crippen LogP contribution in [0.1, 0.15) is 37.1 Å². The molecule has 0 amide bonds. The lowest BCUT2D eigenvalue weighted by Gasteiger charge is -2.26. The Morgan fingerprint density at radius 2 is 1.23 bits per heavy atom. The van der Waals surface area contributed by atoms with Gasteiger partial charge in [0.1, 0.15) is 11.0 Å². The number of imidazole rings is 2. The smallest absolute Gasteiger partial charge is 0.328 e. The summed E-state index contributed by atoms with van der Waals surface area (Å²) in [6.45, 7) is 6.13. The van der Waals surface area contributed by atoms with Crippen molar-refractivity contribution >= 4 is 41.8 Å². The molecule has 2 aliphatic carbocycles. The van der Waals surface area contributed by atoms with Gasteiger partial charge in [0.05, 0.1) is 48.3 Å². The standard InChI is InChI=1S/C21H27N10O3P/c1-12-14-16(28-18(22)26-12)30(10-24-14)8-20(4-5-20)33-35(3,32)34-21(6-7-21)9-31-11-25-15-13(2)27-19(23)29-17(15)31/h10-11H,4-9H2,1-3H3,(H2,22,26,28)(H2,23,27,29). The van der Waals surface area contributed by atoms with Gasteiger partial charge in [-0.15, -0.1) is 0 Å². The third kappa shape index (κ3) is 4.13. The van der Waals surface area contributed by atoms with E-state index in [1.807, 2.05) is 23.0 Å². The number of anilines is 2. The molecule has 2 saturated carbocycles. The number of nitrogen functional groups attached to an aromatic ring is 2. The van der Waals surface area contributed by atoms with Crippen LogP contribution in [-0.2, 0) is 26.7 Å². The molecule has 0 radical (unpaired) electrons. The maximum absolute atomic E-state index is 13.5. The van der Waals surface area contributed by atoms with Crippen LogP contribution in [-0.4, -0.2) is 56.9 Å². The first-order valence-electron chi connectivity index (χ1n) is 11.5. The van der Waals surface area contributed by atoms with Crippen LogP contribution >= 0.6 is 7.60 Å². The number of aromatic nitrogens is 8. The molecule has 6 rings (SSSR count). The van der Waals surface area contributed by atoms with Crippen molar-refractivity contribution in [1.82, 2.24) is 39.0 Å². The summed E-state index contributed by atoms with van der Waals surface area (Å²) in [7, 11) is -3.39. The van der Waals surface area contributed by atoms with E-state index in [4.69, 9.17) is 20.5 Å². The third-order valence-electron chi connectivity index (χ3n) is 6.56. The lowest BCUT2D eigenvalue weighted by Crippen LogP contribution is -2.25. The molecule has 0 saturated heterocycles. The molecule has 4 aromatic rings. The van der Waals surface area contributed by atoms with E-state index in [2.05, 4.69) is 29.9 Å². The minimum atomic E-state index is -3.39. The molecule has 184 valence electrons. The normalized spacial score (nSPS) is 18.4. The summed E-state index contributed by atoms with van der Waals surface area (Å²) in [5, 5.41) is 0. The van der Waals surface area contributed by atoms with Crippen molar-refractivity contribution < 1.29 is 13.6 Å². The van der Waals surface area contributed by atoms with Crippen LogP contribution in [0.5, 0.6) is 0 Å². The Morgan fingerprint density at radius 3 is 1.60 bits per heavy atom. The molecule has 0 aliphatic heterocycles. The van der Waals surface area contributed by atoms with E-state index in [1.165, 1.54) is 0 Å². The average molecular weight is 498 g/mol. The molecule has 13 nitrogen and oxygen atoms in total. The van der Waals surface area contributed by atoms with Gasteiger partial charge in [0.15, 0.2) is 11.3 Å². The highest BCUT2D eigenvalue weighted by molar-refractivity contribution is 7.53. The highest BCUT2D eigenvalue weighted by atomic mass is 31.2. The van der Waals surface area contributed by atoms with E-state index >= 15 is 0 Å². The zero-order chi connectivity index (χ0) is 24.6. The van der Waals surface area contributed by atoms with Gasteiger partial charge in [-0.25, -0.2) is 19.9 Å². The van der Waals surface area contributed by atoms with Crippen LogP contribution in [0.3, 0.4) is 0 Å². The molecule has 2 fully saturated rings. The highest BCUT2D eigenvalue weighted by Crippen LogP contribution is 2.62. The van der Waals surface area contributed by atoms with Gasteiger partial charge < -0.3 is 29.6 Å². The van der Waals surface area contributed by atoms with E-state index in [9.17, 15) is 4.57 Å². The van der Waals surface area contributed by atoms with Crippen molar-refractivity contribution in [3.8, 4) is 0 Å². The summed E-state index contributed by atoms with van der Waals surface area (Å²) in [4.78, 5) is 25.8. The Balaban J connectivity index is 1.19. The van der Waals surface area contributed by atoms with Crippen LogP contribution in [0.15, 0.2) is 12.7 Å². The Kier molecular flexibility index (Phi) is 4.73. The number of aryl methyl sites for hydroxylation is 2. The molecule has 4 aromatic heterocycles. The van der Waals surface area contributed by atoms with Crippen molar-refractivity contribution in [2.75, 3.05) is 18.1 Å². The molecule has 0 aromatic carbocycles. The number of hydrogen-bond donors (Lipinski definition) is 2. The van der Waals surface area contributed by atoms with Gasteiger partial charge in [0.25, 0.3) is 0 Å². The van der Waals surface area contributed by atoms with Crippen LogP contribution in [0.2, 0.25) is 0 Å². The van der Waals surface area contributed by atoms with E-state index < -0.39 is 18.8 Å². The quantitative estimate of drug-likeness (QED) is 0.341. The second-order valence-corrected chi connectivity index (χ2v) is 11.7. The molecular formula is C21H27N10O3P. The summed E-state index contributed by atoms with van der Waals surface area (Å²) in [6, 6.07) is 0. The van der Waals surface area contributed by atoms with Crippen molar-refractivity contribution in [3.63, 3.8) is 0 Å². The molecule has 14 heteroatoms. The highest BCUT2D eigenvalue weighted by Gasteiger charge is 2.54. The van der Waals surface area contributed by atoms with Crippen molar-refractivity contribution in [2.45, 2.75) is 63.8 Å². The van der Waals surface area contributed by atoms with Crippen LogP contribution in [0.25, 0.3) is 22.3 Å². The van der Waals surface area contributed by atoms with Gasteiger partial charge in [-0.05, 0) is 39.5 Å². The van der Waals surface area contributed by atoms with E-state index in [0.717, 1.165) is 25.7 Å².